The number of aromatic nitrogens is 19. The van der Waals surface area contributed by atoms with Crippen LogP contribution in [0.25, 0.3) is 83.3 Å². The number of anilines is 9. The minimum absolute atomic E-state index is 0.0176. The summed E-state index contributed by atoms with van der Waals surface area (Å²) in [5.41, 5.74) is 13.0. The van der Waals surface area contributed by atoms with Gasteiger partial charge >= 0.3 is 0 Å². The second-order valence-corrected chi connectivity index (χ2v) is 33.6. The number of rotatable bonds is 13. The average molecular weight is 1740 g/mol. The van der Waals surface area contributed by atoms with Gasteiger partial charge in [0.05, 0.1) is 106 Å². The van der Waals surface area contributed by atoms with E-state index in [1.807, 2.05) is 134 Å². The van der Waals surface area contributed by atoms with Gasteiger partial charge in [0, 0.05) is 87.5 Å². The summed E-state index contributed by atoms with van der Waals surface area (Å²) in [7, 11) is 6.27. The molecule has 37 nitrogen and oxygen atoms in total. The molecule has 10 aromatic heterocycles. The average Bonchev–Trinajstić information content (AvgIpc) is 1.61. The Labute approximate surface area is 737 Å². The molecule has 129 heavy (non-hydrogen) atoms. The summed E-state index contributed by atoms with van der Waals surface area (Å²) >= 11 is 0. The van der Waals surface area contributed by atoms with E-state index in [-0.39, 0.29) is 54.2 Å². The van der Waals surface area contributed by atoms with Crippen LogP contribution in [0.15, 0.2) is 192 Å². The lowest BCUT2D eigenvalue weighted by molar-refractivity contribution is -0.122. The molecular formula is C92H94N28O9. The number of carbonyl (C=O) groups is 3. The van der Waals surface area contributed by atoms with Crippen LogP contribution in [0.1, 0.15) is 63.8 Å². The van der Waals surface area contributed by atoms with E-state index in [9.17, 15) is 28.8 Å². The highest BCUT2D eigenvalue weighted by atomic mass is 16.5. The first-order valence-electron chi connectivity index (χ1n) is 43.8. The van der Waals surface area contributed by atoms with Crippen LogP contribution in [0.2, 0.25) is 0 Å². The molecule has 5 aromatic carbocycles. The number of nitrogens with zero attached hydrogens (tertiary/aromatic N) is 25. The van der Waals surface area contributed by atoms with E-state index in [1.54, 1.807) is 67.6 Å². The fraction of sp³-hybridized carbons (Fsp3) is 0.326. The molecule has 656 valence electrons. The number of nitrogens with one attached hydrogen (secondary N) is 3. The van der Waals surface area contributed by atoms with Crippen molar-refractivity contribution >= 4 is 136 Å². The van der Waals surface area contributed by atoms with Gasteiger partial charge in [-0.25, -0.2) is 63.0 Å². The predicted molar refractivity (Wildman–Crippen MR) is 490 cm³/mol. The van der Waals surface area contributed by atoms with Crippen molar-refractivity contribution in [2.75, 3.05) is 131 Å². The number of carbonyl (C=O) groups excluding carboxylic acids is 3. The van der Waals surface area contributed by atoms with Crippen LogP contribution in [0.4, 0.5) is 52.0 Å². The van der Waals surface area contributed by atoms with Crippen LogP contribution >= 0.6 is 0 Å². The smallest absolute Gasteiger partial charge is 0.278 e. The van der Waals surface area contributed by atoms with Crippen molar-refractivity contribution in [3.8, 4) is 34.4 Å². The van der Waals surface area contributed by atoms with Gasteiger partial charge in [0.1, 0.15) is 33.3 Å². The zero-order valence-corrected chi connectivity index (χ0v) is 71.6. The largest absolute Gasteiger partial charge is 0.482 e. The summed E-state index contributed by atoms with van der Waals surface area (Å²) in [6, 6.07) is 31.6. The minimum Gasteiger partial charge on any atom is -0.482 e. The van der Waals surface area contributed by atoms with Crippen LogP contribution in [0, 0.1) is 0 Å². The molecule has 0 aliphatic carbocycles. The maximum absolute atomic E-state index is 13.6. The second kappa shape index (κ2) is 34.4. The van der Waals surface area contributed by atoms with E-state index in [1.165, 1.54) is 19.5 Å². The lowest BCUT2D eigenvalue weighted by Crippen LogP contribution is -2.40. The van der Waals surface area contributed by atoms with Crippen LogP contribution < -0.4 is 61.5 Å². The lowest BCUT2D eigenvalue weighted by Gasteiger charge is -2.30. The fourth-order valence-electron chi connectivity index (χ4n) is 18.0. The summed E-state index contributed by atoms with van der Waals surface area (Å²) < 4.78 is 33.9. The van der Waals surface area contributed by atoms with Crippen molar-refractivity contribution in [3.63, 3.8) is 0 Å². The van der Waals surface area contributed by atoms with Crippen molar-refractivity contribution in [1.82, 2.24) is 106 Å². The molecule has 0 radical (unpaired) electrons. The monoisotopic (exact) mass is 1730 g/mol. The highest BCUT2D eigenvalue weighted by Gasteiger charge is 2.33. The zero-order valence-electron chi connectivity index (χ0n) is 71.6. The van der Waals surface area contributed by atoms with E-state index < -0.39 is 0 Å². The number of likely N-dealkylation sites (N-methyl/N-ethyl adjacent to an activating group) is 1. The van der Waals surface area contributed by atoms with Crippen molar-refractivity contribution in [3.05, 3.63) is 208 Å². The molecule has 23 rings (SSSR count). The maximum Gasteiger partial charge on any atom is 0.278 e. The zero-order chi connectivity index (χ0) is 87.5. The van der Waals surface area contributed by atoms with Gasteiger partial charge in [-0.15, -0.1) is 0 Å². The number of hydrogen-bond acceptors (Lipinski definition) is 25. The molecule has 0 unspecified atom stereocenters. The third-order valence-electron chi connectivity index (χ3n) is 24.9. The number of fused-ring (bicyclic) bond motifs is 18. The van der Waals surface area contributed by atoms with Crippen LogP contribution in [0.3, 0.4) is 0 Å². The number of likely N-dealkylation sites (tertiary alicyclic amines) is 2. The Morgan fingerprint density at radius 3 is 1.32 bits per heavy atom. The van der Waals surface area contributed by atoms with E-state index in [0.717, 1.165) is 141 Å². The Morgan fingerprint density at radius 2 is 0.845 bits per heavy atom. The second-order valence-electron chi connectivity index (χ2n) is 33.6. The van der Waals surface area contributed by atoms with Crippen LogP contribution in [-0.4, -0.2) is 224 Å². The quantitative estimate of drug-likeness (QED) is 0.0903. The van der Waals surface area contributed by atoms with E-state index in [4.69, 9.17) is 34.1 Å². The molecule has 3 N–H and O–H groups in total. The Morgan fingerprint density at radius 1 is 0.411 bits per heavy atom. The maximum atomic E-state index is 13.6. The molecule has 0 spiro atoms. The minimum atomic E-state index is -0.213. The molecule has 0 saturated carbocycles. The molecular weight excluding hydrogens is 1640 g/mol. The predicted octanol–water partition coefficient (Wildman–Crippen LogP) is 10.2. The van der Waals surface area contributed by atoms with Crippen molar-refractivity contribution in [2.45, 2.75) is 96.6 Å². The summed E-state index contributed by atoms with van der Waals surface area (Å²) in [5, 5.41) is 11.1. The molecule has 8 aliphatic heterocycles. The molecule has 6 bridgehead atoms. The number of ether oxygens (including phenoxy) is 3. The summed E-state index contributed by atoms with van der Waals surface area (Å²) in [6.45, 7) is 11.1. The fourth-order valence-corrected chi connectivity index (χ4v) is 18.0. The van der Waals surface area contributed by atoms with Crippen LogP contribution in [-0.2, 0) is 47.1 Å². The van der Waals surface area contributed by atoms with Gasteiger partial charge in [-0.1, -0.05) is 36.5 Å². The van der Waals surface area contributed by atoms with Gasteiger partial charge in [0.2, 0.25) is 23.7 Å². The molecule has 37 heteroatoms. The summed E-state index contributed by atoms with van der Waals surface area (Å²) in [4.78, 5) is 137. The lowest BCUT2D eigenvalue weighted by atomic mass is 10.1. The Balaban J connectivity index is 0.000000117. The standard InChI is InChI=1S/C32H33N9O3.C30H30N10O3.C30H31N9O3/c1-37-14-10-22(11-15-37)39-20-34-25-16-21(6-8-26(25)39)35-32-33-18-24-30(36-32)41-23-7-9-28-27(17-23)38(29(42)19-44-28)12-4-2-3-5-13-40(41)31(24)43;41-26-18-43-28-25-15-21(16-31-28)40-27-22(29(42)39(40)11-4-2-1-3-10-38(25)26)17-32-30(35-27)34-20-6-7-24-23(14-20)33-19-37(24)13-12-36-8-5-9-36;1-35(2)13-14-36-19-32-23-15-20(7-9-24(23)36)33-30-31-17-22-28(34-30)39-21-8-10-26-25(16-21)37(27(40)18-42-26)11-5-3-4-6-12-38(39)29(22)41/h3,5-9,16-18,20,22H,2,4,10-15,19H2,1H3,(H,33,35,36);2,4,6-7,14-17,19H,1,3,5,8-13,18H2,(H,32,34,35);4,6-10,15-17,19H,3,5,11-14,18H2,1-2H3,(H,31,33,34). The van der Waals surface area contributed by atoms with E-state index in [0.29, 0.717) is 148 Å². The number of imidazole rings is 3. The normalized spacial score (nSPS) is 16.6. The van der Waals surface area contributed by atoms with Crippen LogP contribution in [0.5, 0.6) is 17.4 Å². The van der Waals surface area contributed by atoms with Gasteiger partial charge in [0.25, 0.3) is 34.4 Å². The Hall–Kier alpha value is -15.0. The van der Waals surface area contributed by atoms with Gasteiger partial charge in [0.15, 0.2) is 36.8 Å². The Kier molecular flexibility index (Phi) is 21.6. The highest BCUT2D eigenvalue weighted by Crippen LogP contribution is 2.40. The molecule has 8 aliphatic rings. The van der Waals surface area contributed by atoms with E-state index in [2.05, 4.69) is 114 Å². The van der Waals surface area contributed by atoms with Crippen molar-refractivity contribution in [2.24, 2.45) is 0 Å². The first-order chi connectivity index (χ1) is 63.1. The van der Waals surface area contributed by atoms with E-state index >= 15 is 0 Å². The van der Waals surface area contributed by atoms with Crippen molar-refractivity contribution in [1.29, 1.82) is 0 Å². The van der Waals surface area contributed by atoms with Gasteiger partial charge in [-0.05, 0) is 202 Å². The first kappa shape index (κ1) is 81.1. The number of amides is 3. The number of hydrogen-bond donors (Lipinski definition) is 3. The molecule has 0 atom stereocenters. The third-order valence-corrected chi connectivity index (χ3v) is 24.9. The summed E-state index contributed by atoms with van der Waals surface area (Å²) in [6.07, 6.45) is 32.4. The number of piperidine rings is 1. The van der Waals surface area contributed by atoms with Gasteiger partial charge in [-0.2, -0.15) is 15.0 Å². The molecule has 18 heterocycles. The third kappa shape index (κ3) is 15.8. The summed E-state index contributed by atoms with van der Waals surface area (Å²) in [5.74, 6) is 2.49. The topological polar surface area (TPSA) is 359 Å². The number of allylic oxidation sites excluding steroid dienone is 6. The van der Waals surface area contributed by atoms with Gasteiger partial charge < -0.3 is 73.3 Å². The SMILES string of the molecule is CN(C)CCn1cnc2cc(Nc3ncc4c(=O)n5n(c4n3)-c3ccc4c(c3)N(CCCC=CC5)C(=O)CO4)ccc21.CN1CCC(n2cnc3cc(Nc4ncc5c(=O)n6n(c5n4)-c4ccc5c(c4)N(CCCC=CC6)C(=O)CO5)ccc32)CC1.O=C1COc2ncc3cc2N1CCCC=CCn1c(=O)c2cnc(Nc4ccc5c(c4)ncn5CCN4CCC4)nc2n1-3. The highest BCUT2D eigenvalue weighted by molar-refractivity contribution is 6.00. The molecule has 2 saturated heterocycles. The van der Waals surface area contributed by atoms with Crippen molar-refractivity contribution < 1.29 is 28.6 Å². The number of benzene rings is 5. The molecule has 2 fully saturated rings. The molecule has 15 aromatic rings. The Bertz CT molecular complexity index is 7230. The number of pyridine rings is 1. The van der Waals surface area contributed by atoms with Gasteiger partial charge in [-0.3, -0.25) is 28.8 Å². The first-order valence-corrected chi connectivity index (χ1v) is 43.8. The molecule has 3 amide bonds.